The number of aromatic amines is 1. The molecule has 0 radical (unpaired) electrons. The van der Waals surface area contributed by atoms with E-state index in [4.69, 9.17) is 0 Å². The Morgan fingerprint density at radius 2 is 1.04 bits per heavy atom. The van der Waals surface area contributed by atoms with E-state index in [1.54, 1.807) is 6.33 Å². The van der Waals surface area contributed by atoms with Crippen LogP contribution in [0, 0.1) is 47.3 Å². The summed E-state index contributed by atoms with van der Waals surface area (Å²) in [6, 6.07) is 31.4. The maximum absolute atomic E-state index is 4.41. The molecule has 0 amide bonds. The topological polar surface area (TPSA) is 89.0 Å². The summed E-state index contributed by atoms with van der Waals surface area (Å²) in [6.45, 7) is 44.1. The second-order valence-corrected chi connectivity index (χ2v) is 25.1. The molecule has 0 aliphatic carbocycles. The summed E-state index contributed by atoms with van der Waals surface area (Å²) in [5.41, 5.74) is 13.3. The highest BCUT2D eigenvalue weighted by Crippen LogP contribution is 2.22. The van der Waals surface area contributed by atoms with Crippen molar-refractivity contribution in [3.63, 3.8) is 0 Å². The number of allylic oxidation sites excluding steroid dienone is 3. The van der Waals surface area contributed by atoms with E-state index in [2.05, 4.69) is 270 Å². The Balaban J connectivity index is 0.000000457. The number of H-pyrrole nitrogens is 1. The Labute approximate surface area is 490 Å². The molecule has 4 aromatic heterocycles. The summed E-state index contributed by atoms with van der Waals surface area (Å²) < 4.78 is 4.21. The third-order valence-electron chi connectivity index (χ3n) is 12.2. The van der Waals surface area contributed by atoms with Crippen molar-refractivity contribution in [1.82, 2.24) is 29.1 Å². The number of nitrogens with zero attached hydrogens (tertiary/aromatic N) is 7. The molecule has 0 unspecified atom stereocenters. The fourth-order valence-electron chi connectivity index (χ4n) is 8.48. The van der Waals surface area contributed by atoms with E-state index in [0.29, 0.717) is 17.8 Å². The maximum atomic E-state index is 4.41. The molecule has 0 atom stereocenters. The zero-order chi connectivity index (χ0) is 59.8. The van der Waals surface area contributed by atoms with Crippen molar-refractivity contribution >= 4 is 11.4 Å². The van der Waals surface area contributed by atoms with Crippen molar-refractivity contribution in [1.29, 1.82) is 0 Å². The van der Waals surface area contributed by atoms with Crippen LogP contribution in [-0.2, 0) is 45.7 Å². The van der Waals surface area contributed by atoms with E-state index in [9.17, 15) is 0 Å². The molecule has 0 saturated carbocycles. The van der Waals surface area contributed by atoms with E-state index in [-0.39, 0.29) is 0 Å². The SMILES string of the molecule is CC(C)CCn1cccc1.CC(C)Cc1ccccc1.CC(C)Cc1ccccc1.CC(C)Cc1ccccn1.CC(C)Cc1cn(C)cn1.CC(C)Cc1cnc[nH]1.CC1=NC(CC(C)C)=CC1.CC1=NCC(C)=C1CC(C)C. The first-order valence-electron chi connectivity index (χ1n) is 30.4. The minimum absolute atomic E-state index is 0.704. The summed E-state index contributed by atoms with van der Waals surface area (Å²) in [4.78, 5) is 24.2. The van der Waals surface area contributed by atoms with Crippen molar-refractivity contribution < 1.29 is 0 Å². The molecule has 80 heavy (non-hydrogen) atoms. The number of aryl methyl sites for hydroxylation is 2. The van der Waals surface area contributed by atoms with E-state index in [0.717, 1.165) is 74.8 Å². The van der Waals surface area contributed by atoms with Crippen LogP contribution >= 0.6 is 0 Å². The lowest BCUT2D eigenvalue weighted by Gasteiger charge is -2.07. The third-order valence-corrected chi connectivity index (χ3v) is 12.2. The predicted octanol–water partition coefficient (Wildman–Crippen LogP) is 19.4. The average molecular weight is 1090 g/mol. The number of rotatable bonds is 17. The summed E-state index contributed by atoms with van der Waals surface area (Å²) in [6.07, 6.45) is 26.1. The van der Waals surface area contributed by atoms with Crippen LogP contribution in [0.25, 0.3) is 0 Å². The smallest absolute Gasteiger partial charge is 0.0946 e. The molecule has 2 aliphatic heterocycles. The second-order valence-electron chi connectivity index (χ2n) is 25.1. The highest BCUT2D eigenvalue weighted by atomic mass is 15.0. The fraction of sp³-hybridized carbons (Fsp3) is 0.542. The highest BCUT2D eigenvalue weighted by molar-refractivity contribution is 6.00. The molecular weight excluding hydrogens is 977 g/mol. The van der Waals surface area contributed by atoms with Gasteiger partial charge in [-0.25, -0.2) is 9.97 Å². The molecular formula is C72H114N8. The van der Waals surface area contributed by atoms with Gasteiger partial charge in [0, 0.05) is 79.5 Å². The van der Waals surface area contributed by atoms with Crippen molar-refractivity contribution in [3.05, 3.63) is 186 Å². The van der Waals surface area contributed by atoms with Gasteiger partial charge in [-0.2, -0.15) is 0 Å². The summed E-state index contributed by atoms with van der Waals surface area (Å²) in [7, 11) is 2.00. The van der Waals surface area contributed by atoms with Crippen molar-refractivity contribution in [2.75, 3.05) is 6.54 Å². The zero-order valence-corrected chi connectivity index (χ0v) is 54.3. The van der Waals surface area contributed by atoms with Gasteiger partial charge in [-0.15, -0.1) is 0 Å². The van der Waals surface area contributed by atoms with Crippen LogP contribution in [0.1, 0.15) is 185 Å². The van der Waals surface area contributed by atoms with Crippen molar-refractivity contribution in [2.45, 2.75) is 196 Å². The van der Waals surface area contributed by atoms with Crippen LogP contribution in [0.5, 0.6) is 0 Å². The van der Waals surface area contributed by atoms with Gasteiger partial charge in [-0.1, -0.05) is 184 Å². The van der Waals surface area contributed by atoms with E-state index < -0.39 is 0 Å². The molecule has 1 N–H and O–H groups in total. The number of nitrogens with one attached hydrogen (secondary N) is 1. The van der Waals surface area contributed by atoms with Gasteiger partial charge in [0.15, 0.2) is 0 Å². The molecule has 6 heterocycles. The third kappa shape index (κ3) is 39.5. The fourth-order valence-corrected chi connectivity index (χ4v) is 8.48. The van der Waals surface area contributed by atoms with Gasteiger partial charge >= 0.3 is 0 Å². The zero-order valence-electron chi connectivity index (χ0n) is 54.3. The number of aliphatic imine (C=N–C) groups is 2. The molecule has 8 rings (SSSR count). The van der Waals surface area contributed by atoms with Crippen LogP contribution < -0.4 is 0 Å². The summed E-state index contributed by atoms with van der Waals surface area (Å²) >= 11 is 0. The Morgan fingerprint density at radius 3 is 1.43 bits per heavy atom. The highest BCUT2D eigenvalue weighted by Gasteiger charge is 2.13. The van der Waals surface area contributed by atoms with E-state index >= 15 is 0 Å². The summed E-state index contributed by atoms with van der Waals surface area (Å²) in [5.74, 6) is 5.95. The number of hydrogen-bond acceptors (Lipinski definition) is 5. The molecule has 442 valence electrons. The van der Waals surface area contributed by atoms with Gasteiger partial charge in [0.25, 0.3) is 0 Å². The quantitative estimate of drug-likeness (QED) is 0.0987. The minimum atomic E-state index is 0.704. The second kappa shape index (κ2) is 42.9. The molecule has 0 fully saturated rings. The van der Waals surface area contributed by atoms with Gasteiger partial charge in [-0.3, -0.25) is 15.0 Å². The Kier molecular flexibility index (Phi) is 38.7. The van der Waals surface area contributed by atoms with Crippen LogP contribution in [0.15, 0.2) is 168 Å². The van der Waals surface area contributed by atoms with Crippen molar-refractivity contribution in [2.24, 2.45) is 64.4 Å². The first-order valence-corrected chi connectivity index (χ1v) is 30.4. The van der Waals surface area contributed by atoms with Crippen molar-refractivity contribution in [3.8, 4) is 0 Å². The number of imidazole rings is 2. The molecule has 0 spiro atoms. The van der Waals surface area contributed by atoms with Crippen LogP contribution in [0.3, 0.4) is 0 Å². The van der Waals surface area contributed by atoms with E-state index in [1.165, 1.54) is 82.2 Å². The van der Waals surface area contributed by atoms with Gasteiger partial charge in [0.1, 0.15) is 0 Å². The standard InChI is InChI=1S/C10H17N.2C10H14.2C9H15N.C9H13N.C8H14N2.C7H12N2/c1-7(2)5-10-8(3)6-11-9(10)4;2*1-9(2)8-10-6-4-3-5-7-10;1-7(2)6-9-5-4-8(3)10-9;1-9(2)5-8-10-6-3-4-7-10;1-8(2)7-9-5-3-4-6-10-9;1-7(2)4-8-5-10(3)6-9-8;1-6(2)3-7-4-8-5-9-7/h7H,5-6H2,1-4H3;2*3-7,9H,8H2,1-2H3;5,7H,4,6H2,1-3H3;3-4,6-7,9H,5,8H2,1-2H3;3-6,8H,7H2,1-2H3;5-7H,4H2,1-3H3;4-6H,3H2,1-2H3,(H,8,9). The molecule has 2 aromatic carbocycles. The first kappa shape index (κ1) is 72.1. The number of hydrogen-bond donors (Lipinski definition) is 1. The summed E-state index contributed by atoms with van der Waals surface area (Å²) in [5, 5.41) is 0. The lowest BCUT2D eigenvalue weighted by molar-refractivity contribution is 0.517. The lowest BCUT2D eigenvalue weighted by atomic mass is 9.97. The Morgan fingerprint density at radius 1 is 0.525 bits per heavy atom. The van der Waals surface area contributed by atoms with Gasteiger partial charge in [0.05, 0.1) is 24.9 Å². The van der Waals surface area contributed by atoms with Gasteiger partial charge < -0.3 is 14.1 Å². The molecule has 0 bridgehead atoms. The molecule has 8 nitrogen and oxygen atoms in total. The van der Waals surface area contributed by atoms with Gasteiger partial charge in [-0.05, 0) is 166 Å². The maximum Gasteiger partial charge on any atom is 0.0946 e. The Hall–Kier alpha value is -5.89. The lowest BCUT2D eigenvalue weighted by Crippen LogP contribution is -1.99. The van der Waals surface area contributed by atoms with Crippen LogP contribution in [0.2, 0.25) is 0 Å². The van der Waals surface area contributed by atoms with Gasteiger partial charge in [0.2, 0.25) is 0 Å². The first-order chi connectivity index (χ1) is 37.9. The number of pyridine rings is 1. The van der Waals surface area contributed by atoms with Crippen LogP contribution in [-0.4, -0.2) is 47.0 Å². The Bertz CT molecular complexity index is 2390. The molecule has 0 saturated heterocycles. The molecule has 6 aromatic rings. The largest absolute Gasteiger partial charge is 0.354 e. The minimum Gasteiger partial charge on any atom is -0.354 e. The average Bonchev–Trinajstić information content (AvgIpc) is 4.27. The molecule has 8 heteroatoms. The number of benzene rings is 2. The molecule has 2 aliphatic rings. The monoisotopic (exact) mass is 1090 g/mol. The normalized spacial score (nSPS) is 12.4. The van der Waals surface area contributed by atoms with Crippen LogP contribution in [0.4, 0.5) is 0 Å². The van der Waals surface area contributed by atoms with E-state index in [1.807, 2.05) is 42.5 Å². The number of aromatic nitrogens is 6. The predicted molar refractivity (Wildman–Crippen MR) is 351 cm³/mol.